The lowest BCUT2D eigenvalue weighted by Gasteiger charge is -2.20. The van der Waals surface area contributed by atoms with E-state index in [4.69, 9.17) is 0 Å². The van der Waals surface area contributed by atoms with Crippen LogP contribution >= 0.6 is 0 Å². The van der Waals surface area contributed by atoms with Gasteiger partial charge in [-0.05, 0) is 60.1 Å². The molecule has 1 fully saturated rings. The van der Waals surface area contributed by atoms with Crippen molar-refractivity contribution in [3.8, 4) is 0 Å². The third-order valence-electron chi connectivity index (χ3n) is 5.40. The van der Waals surface area contributed by atoms with Gasteiger partial charge in [-0.15, -0.1) is 0 Å². The SMILES string of the molecule is CC(C)c1cccc(C(C)C)c1NC(=O)c1ccc(C(=O)N2CCCC2)cc1. The number of nitrogens with one attached hydrogen (secondary N) is 1. The normalized spacial score (nSPS) is 14.0. The Kier molecular flexibility index (Phi) is 6.18. The Balaban J connectivity index is 1.81. The molecule has 1 aliphatic heterocycles. The zero-order chi connectivity index (χ0) is 20.3. The van der Waals surface area contributed by atoms with Gasteiger partial charge in [0.05, 0.1) is 0 Å². The molecule has 28 heavy (non-hydrogen) atoms. The van der Waals surface area contributed by atoms with Crippen LogP contribution in [0.3, 0.4) is 0 Å². The molecule has 2 aromatic rings. The fourth-order valence-corrected chi connectivity index (χ4v) is 3.75. The number of likely N-dealkylation sites (tertiary alicyclic amines) is 1. The van der Waals surface area contributed by atoms with Crippen LogP contribution in [0.15, 0.2) is 42.5 Å². The maximum absolute atomic E-state index is 12.9. The summed E-state index contributed by atoms with van der Waals surface area (Å²) < 4.78 is 0. The van der Waals surface area contributed by atoms with Crippen molar-refractivity contribution < 1.29 is 9.59 Å². The number of hydrogen-bond donors (Lipinski definition) is 1. The zero-order valence-electron chi connectivity index (χ0n) is 17.3. The fourth-order valence-electron chi connectivity index (χ4n) is 3.75. The standard InChI is InChI=1S/C24H30N2O2/c1-16(2)20-8-7-9-21(17(3)4)22(20)25-23(27)18-10-12-19(13-11-18)24(28)26-14-5-6-15-26/h7-13,16-17H,5-6,14-15H2,1-4H3,(H,25,27). The molecular weight excluding hydrogens is 348 g/mol. The minimum absolute atomic E-state index is 0.0525. The third-order valence-corrected chi connectivity index (χ3v) is 5.40. The van der Waals surface area contributed by atoms with Gasteiger partial charge >= 0.3 is 0 Å². The Hall–Kier alpha value is -2.62. The molecule has 1 N–H and O–H groups in total. The van der Waals surface area contributed by atoms with Crippen LogP contribution < -0.4 is 5.32 Å². The molecular formula is C24H30N2O2. The summed E-state index contributed by atoms with van der Waals surface area (Å²) in [5.74, 6) is 0.538. The highest BCUT2D eigenvalue weighted by molar-refractivity contribution is 6.06. The van der Waals surface area contributed by atoms with Crippen molar-refractivity contribution in [2.45, 2.75) is 52.4 Å². The molecule has 0 radical (unpaired) electrons. The van der Waals surface area contributed by atoms with Crippen molar-refractivity contribution in [2.24, 2.45) is 0 Å². The average Bonchev–Trinajstić information content (AvgIpc) is 3.22. The van der Waals surface area contributed by atoms with Gasteiger partial charge in [-0.1, -0.05) is 45.9 Å². The van der Waals surface area contributed by atoms with E-state index in [1.54, 1.807) is 24.3 Å². The number of hydrogen-bond acceptors (Lipinski definition) is 2. The largest absolute Gasteiger partial charge is 0.339 e. The van der Waals surface area contributed by atoms with Gasteiger partial charge < -0.3 is 10.2 Å². The molecule has 1 aliphatic rings. The summed E-state index contributed by atoms with van der Waals surface area (Å²) in [6.07, 6.45) is 2.14. The van der Waals surface area contributed by atoms with E-state index in [-0.39, 0.29) is 11.8 Å². The van der Waals surface area contributed by atoms with Gasteiger partial charge in [0.25, 0.3) is 11.8 Å². The zero-order valence-corrected chi connectivity index (χ0v) is 17.3. The Bertz CT molecular complexity index is 821. The van der Waals surface area contributed by atoms with E-state index in [9.17, 15) is 9.59 Å². The number of anilines is 1. The molecule has 148 valence electrons. The molecule has 2 aromatic carbocycles. The Labute approximate surface area is 167 Å². The van der Waals surface area contributed by atoms with Crippen molar-refractivity contribution in [3.05, 3.63) is 64.7 Å². The first-order valence-corrected chi connectivity index (χ1v) is 10.2. The molecule has 0 atom stereocenters. The summed E-state index contributed by atoms with van der Waals surface area (Å²) in [7, 11) is 0. The summed E-state index contributed by atoms with van der Waals surface area (Å²) in [5.41, 5.74) is 4.39. The lowest BCUT2D eigenvalue weighted by atomic mass is 9.92. The first-order chi connectivity index (χ1) is 13.4. The lowest BCUT2D eigenvalue weighted by molar-refractivity contribution is 0.0792. The van der Waals surface area contributed by atoms with Crippen LogP contribution in [0, 0.1) is 0 Å². The Morgan fingerprint density at radius 2 is 1.32 bits per heavy atom. The highest BCUT2D eigenvalue weighted by Gasteiger charge is 2.20. The molecule has 4 nitrogen and oxygen atoms in total. The lowest BCUT2D eigenvalue weighted by Crippen LogP contribution is -2.27. The first kappa shape index (κ1) is 20.1. The van der Waals surface area contributed by atoms with Crippen LogP contribution in [0.1, 0.15) is 84.2 Å². The summed E-state index contributed by atoms with van der Waals surface area (Å²) in [6.45, 7) is 10.2. The van der Waals surface area contributed by atoms with Crippen molar-refractivity contribution in [1.29, 1.82) is 0 Å². The summed E-state index contributed by atoms with van der Waals surface area (Å²) in [4.78, 5) is 27.3. The van der Waals surface area contributed by atoms with Gasteiger partial charge in [0.2, 0.25) is 0 Å². The third kappa shape index (κ3) is 4.27. The van der Waals surface area contributed by atoms with E-state index in [0.29, 0.717) is 23.0 Å². The van der Waals surface area contributed by atoms with Gasteiger partial charge in [0, 0.05) is 29.9 Å². The second-order valence-corrected chi connectivity index (χ2v) is 8.15. The van der Waals surface area contributed by atoms with E-state index in [1.165, 1.54) is 0 Å². The maximum atomic E-state index is 12.9. The van der Waals surface area contributed by atoms with Gasteiger partial charge in [-0.25, -0.2) is 0 Å². The molecule has 2 amide bonds. The Morgan fingerprint density at radius 1 is 0.821 bits per heavy atom. The van der Waals surface area contributed by atoms with Crippen LogP contribution in [0.2, 0.25) is 0 Å². The predicted molar refractivity (Wildman–Crippen MR) is 114 cm³/mol. The van der Waals surface area contributed by atoms with Crippen molar-refractivity contribution in [3.63, 3.8) is 0 Å². The smallest absolute Gasteiger partial charge is 0.255 e. The highest BCUT2D eigenvalue weighted by atomic mass is 16.2. The molecule has 1 heterocycles. The Morgan fingerprint density at radius 3 is 1.82 bits per heavy atom. The van der Waals surface area contributed by atoms with Crippen LogP contribution in [0.4, 0.5) is 5.69 Å². The van der Waals surface area contributed by atoms with E-state index < -0.39 is 0 Å². The summed E-state index contributed by atoms with van der Waals surface area (Å²) in [6, 6.07) is 13.2. The number of amides is 2. The van der Waals surface area contributed by atoms with E-state index in [1.807, 2.05) is 4.90 Å². The monoisotopic (exact) mass is 378 g/mol. The van der Waals surface area contributed by atoms with E-state index >= 15 is 0 Å². The van der Waals surface area contributed by atoms with Gasteiger partial charge in [-0.2, -0.15) is 0 Å². The second kappa shape index (κ2) is 8.59. The topological polar surface area (TPSA) is 49.4 Å². The van der Waals surface area contributed by atoms with Gasteiger partial charge in [0.15, 0.2) is 0 Å². The quantitative estimate of drug-likeness (QED) is 0.755. The summed E-state index contributed by atoms with van der Waals surface area (Å²) in [5, 5.41) is 3.13. The number of para-hydroxylation sites is 1. The number of carbonyl (C=O) groups excluding carboxylic acids is 2. The first-order valence-electron chi connectivity index (χ1n) is 10.2. The average molecular weight is 379 g/mol. The molecule has 3 rings (SSSR count). The van der Waals surface area contributed by atoms with E-state index in [2.05, 4.69) is 51.2 Å². The molecule has 0 saturated carbocycles. The van der Waals surface area contributed by atoms with Gasteiger partial charge in [-0.3, -0.25) is 9.59 Å². The molecule has 0 aliphatic carbocycles. The molecule has 0 spiro atoms. The predicted octanol–water partition coefficient (Wildman–Crippen LogP) is 5.42. The van der Waals surface area contributed by atoms with Crippen molar-refractivity contribution >= 4 is 17.5 Å². The van der Waals surface area contributed by atoms with E-state index in [0.717, 1.165) is 42.7 Å². The fraction of sp³-hybridized carbons (Fsp3) is 0.417. The number of nitrogens with zero attached hydrogens (tertiary/aromatic N) is 1. The number of benzene rings is 2. The van der Waals surface area contributed by atoms with Crippen molar-refractivity contribution in [2.75, 3.05) is 18.4 Å². The highest BCUT2D eigenvalue weighted by Crippen LogP contribution is 2.32. The number of rotatable bonds is 5. The molecule has 4 heteroatoms. The van der Waals surface area contributed by atoms with Crippen molar-refractivity contribution in [1.82, 2.24) is 4.90 Å². The van der Waals surface area contributed by atoms with Crippen LogP contribution in [-0.2, 0) is 0 Å². The van der Waals surface area contributed by atoms with Gasteiger partial charge in [0.1, 0.15) is 0 Å². The summed E-state index contributed by atoms with van der Waals surface area (Å²) >= 11 is 0. The number of carbonyl (C=O) groups is 2. The molecule has 0 unspecified atom stereocenters. The maximum Gasteiger partial charge on any atom is 0.255 e. The second-order valence-electron chi connectivity index (χ2n) is 8.15. The van der Waals surface area contributed by atoms with Crippen LogP contribution in [-0.4, -0.2) is 29.8 Å². The van der Waals surface area contributed by atoms with Crippen LogP contribution in [0.25, 0.3) is 0 Å². The molecule has 0 aromatic heterocycles. The molecule has 1 saturated heterocycles. The van der Waals surface area contributed by atoms with Crippen LogP contribution in [0.5, 0.6) is 0 Å². The minimum Gasteiger partial charge on any atom is -0.339 e. The molecule has 0 bridgehead atoms. The minimum atomic E-state index is -0.143.